The van der Waals surface area contributed by atoms with Crippen LogP contribution in [0.5, 0.6) is 0 Å². The Labute approximate surface area is 173 Å². The molecule has 1 aliphatic rings. The minimum absolute atomic E-state index is 0.0682. The van der Waals surface area contributed by atoms with E-state index in [9.17, 15) is 9.59 Å². The predicted molar refractivity (Wildman–Crippen MR) is 113 cm³/mol. The number of esters is 1. The van der Waals surface area contributed by atoms with Crippen molar-refractivity contribution in [3.63, 3.8) is 0 Å². The number of hydrogen-bond donors (Lipinski definition) is 0. The van der Waals surface area contributed by atoms with Crippen molar-refractivity contribution in [1.29, 1.82) is 0 Å². The van der Waals surface area contributed by atoms with E-state index in [0.717, 1.165) is 10.4 Å². The van der Waals surface area contributed by atoms with Gasteiger partial charge in [-0.15, -0.1) is 0 Å². The number of hydrogen-bond acceptors (Lipinski definition) is 5. The van der Waals surface area contributed by atoms with Crippen molar-refractivity contribution in [1.82, 2.24) is 0 Å². The molecule has 0 aromatic heterocycles. The standard InChI is InChI=1S/C23H26O5Si/c1-22(2,3)18(19-21(25)27-23(4,5)26-19)20(24)28-29(16-12-8-6-9-13-16)17-14-10-7-11-15-17/h6-15,29H,1-5H3/b19-18-. The SMILES string of the molecule is CC1(C)OC(=O)/C(=C(\C(=O)O[SiH](c2ccccc2)c2ccccc2)C(C)(C)C)O1. The zero-order chi connectivity index (χ0) is 21.2. The largest absolute Gasteiger partial charge is 0.510 e. The molecule has 1 saturated heterocycles. The second-order valence-electron chi connectivity index (χ2n) is 8.45. The number of cyclic esters (lactones) is 1. The van der Waals surface area contributed by atoms with Gasteiger partial charge in [-0.3, -0.25) is 0 Å². The second kappa shape index (κ2) is 7.87. The zero-order valence-electron chi connectivity index (χ0n) is 17.4. The minimum Gasteiger partial charge on any atom is -0.510 e. The summed E-state index contributed by atoms with van der Waals surface area (Å²) in [7, 11) is -2.32. The van der Waals surface area contributed by atoms with Gasteiger partial charge >= 0.3 is 21.0 Å². The highest BCUT2D eigenvalue weighted by molar-refractivity contribution is 6.81. The third-order valence-corrected chi connectivity index (χ3v) is 6.91. The molecule has 0 spiro atoms. The van der Waals surface area contributed by atoms with Gasteiger partial charge in [-0.1, -0.05) is 81.4 Å². The fourth-order valence-corrected chi connectivity index (χ4v) is 5.35. The first-order valence-corrected chi connectivity index (χ1v) is 11.2. The van der Waals surface area contributed by atoms with Crippen LogP contribution < -0.4 is 10.4 Å². The van der Waals surface area contributed by atoms with E-state index in [4.69, 9.17) is 13.9 Å². The highest BCUT2D eigenvalue weighted by atomic mass is 28.3. The molecular weight excluding hydrogens is 384 g/mol. The van der Waals surface area contributed by atoms with Gasteiger partial charge in [-0.05, 0) is 15.8 Å². The second-order valence-corrected chi connectivity index (χ2v) is 10.8. The Kier molecular flexibility index (Phi) is 5.66. The summed E-state index contributed by atoms with van der Waals surface area (Å²) in [5.74, 6) is -2.37. The maximum Gasteiger partial charge on any atom is 0.377 e. The molecule has 0 amide bonds. The Balaban J connectivity index is 2.03. The number of ether oxygens (including phenoxy) is 2. The smallest absolute Gasteiger partial charge is 0.377 e. The predicted octanol–water partition coefficient (Wildman–Crippen LogP) is 2.68. The van der Waals surface area contributed by atoms with E-state index in [2.05, 4.69) is 0 Å². The Morgan fingerprint density at radius 1 is 0.897 bits per heavy atom. The quantitative estimate of drug-likeness (QED) is 0.441. The van der Waals surface area contributed by atoms with Crippen LogP contribution in [0.25, 0.3) is 0 Å². The normalized spacial score (nSPS) is 17.5. The van der Waals surface area contributed by atoms with Crippen molar-refractivity contribution in [2.75, 3.05) is 0 Å². The highest BCUT2D eigenvalue weighted by Crippen LogP contribution is 2.36. The maximum absolute atomic E-state index is 13.4. The summed E-state index contributed by atoms with van der Waals surface area (Å²) in [6, 6.07) is 19.4. The topological polar surface area (TPSA) is 61.8 Å². The summed E-state index contributed by atoms with van der Waals surface area (Å²) < 4.78 is 17.0. The average Bonchev–Trinajstić information content (AvgIpc) is 2.92. The van der Waals surface area contributed by atoms with Gasteiger partial charge in [0.05, 0.1) is 5.57 Å². The van der Waals surface area contributed by atoms with Crippen molar-refractivity contribution in [3.05, 3.63) is 72.0 Å². The van der Waals surface area contributed by atoms with Gasteiger partial charge in [0, 0.05) is 13.8 Å². The fraction of sp³-hybridized carbons (Fsp3) is 0.304. The first kappa shape index (κ1) is 20.9. The van der Waals surface area contributed by atoms with Crippen LogP contribution in [0.1, 0.15) is 34.6 Å². The van der Waals surface area contributed by atoms with Gasteiger partial charge in [0.15, 0.2) is 0 Å². The first-order valence-electron chi connectivity index (χ1n) is 9.56. The van der Waals surface area contributed by atoms with Gasteiger partial charge in [0.1, 0.15) is 0 Å². The third kappa shape index (κ3) is 4.77. The lowest BCUT2D eigenvalue weighted by atomic mass is 9.85. The van der Waals surface area contributed by atoms with E-state index in [1.807, 2.05) is 81.4 Å². The summed E-state index contributed by atoms with van der Waals surface area (Å²) >= 11 is 0. The van der Waals surface area contributed by atoms with E-state index >= 15 is 0 Å². The zero-order valence-corrected chi connectivity index (χ0v) is 18.5. The number of carbonyl (C=O) groups is 2. The van der Waals surface area contributed by atoms with Crippen molar-refractivity contribution < 1.29 is 23.5 Å². The van der Waals surface area contributed by atoms with Gasteiger partial charge in [-0.25, -0.2) is 9.59 Å². The molecule has 29 heavy (non-hydrogen) atoms. The van der Waals surface area contributed by atoms with E-state index in [1.54, 1.807) is 13.8 Å². The third-order valence-electron chi connectivity index (χ3n) is 4.48. The molecule has 6 heteroatoms. The molecular formula is C23H26O5Si. The molecule has 0 unspecified atom stereocenters. The Morgan fingerprint density at radius 2 is 1.38 bits per heavy atom. The highest BCUT2D eigenvalue weighted by Gasteiger charge is 2.44. The van der Waals surface area contributed by atoms with Crippen molar-refractivity contribution in [2.45, 2.75) is 40.4 Å². The fourth-order valence-electron chi connectivity index (χ4n) is 3.22. The summed E-state index contributed by atoms with van der Waals surface area (Å²) in [4.78, 5) is 25.8. The Hall–Kier alpha value is -2.86. The lowest BCUT2D eigenvalue weighted by molar-refractivity contribution is -0.159. The molecule has 0 atom stereocenters. The van der Waals surface area contributed by atoms with Crippen LogP contribution in [0.4, 0.5) is 0 Å². The number of carbonyl (C=O) groups excluding carboxylic acids is 2. The van der Waals surface area contributed by atoms with Crippen LogP contribution in [0.15, 0.2) is 72.0 Å². The van der Waals surface area contributed by atoms with Gasteiger partial charge < -0.3 is 13.9 Å². The molecule has 5 nitrogen and oxygen atoms in total. The summed E-state index contributed by atoms with van der Waals surface area (Å²) in [5, 5.41) is 1.95. The van der Waals surface area contributed by atoms with Gasteiger partial charge in [0.2, 0.25) is 11.5 Å². The molecule has 1 heterocycles. The Bertz CT molecular complexity index is 887. The van der Waals surface area contributed by atoms with E-state index < -0.39 is 32.2 Å². The van der Waals surface area contributed by atoms with Crippen molar-refractivity contribution >= 4 is 31.4 Å². The van der Waals surface area contributed by atoms with Crippen molar-refractivity contribution in [2.24, 2.45) is 5.41 Å². The number of rotatable bonds is 4. The van der Waals surface area contributed by atoms with Gasteiger partial charge in [-0.2, -0.15) is 0 Å². The maximum atomic E-state index is 13.4. The van der Waals surface area contributed by atoms with Gasteiger partial charge in [0.25, 0.3) is 0 Å². The van der Waals surface area contributed by atoms with Crippen LogP contribution >= 0.6 is 0 Å². The van der Waals surface area contributed by atoms with E-state index in [0.29, 0.717) is 0 Å². The molecule has 152 valence electrons. The summed E-state index contributed by atoms with van der Waals surface area (Å²) in [6.45, 7) is 8.81. The molecule has 0 bridgehead atoms. The summed E-state index contributed by atoms with van der Waals surface area (Å²) in [6.07, 6.45) is 0. The molecule has 3 rings (SSSR count). The van der Waals surface area contributed by atoms with Crippen LogP contribution in [-0.4, -0.2) is 26.8 Å². The molecule has 0 saturated carbocycles. The summed E-state index contributed by atoms with van der Waals surface area (Å²) in [5.41, 5.74) is -0.476. The monoisotopic (exact) mass is 410 g/mol. The van der Waals surface area contributed by atoms with Crippen LogP contribution in [-0.2, 0) is 23.5 Å². The van der Waals surface area contributed by atoms with Crippen molar-refractivity contribution in [3.8, 4) is 0 Å². The molecule has 0 radical (unpaired) electrons. The van der Waals surface area contributed by atoms with E-state index in [-0.39, 0.29) is 11.3 Å². The average molecular weight is 411 g/mol. The molecule has 1 fully saturated rings. The van der Waals surface area contributed by atoms with E-state index in [1.165, 1.54) is 0 Å². The lowest BCUT2D eigenvalue weighted by Gasteiger charge is -2.25. The molecule has 2 aromatic carbocycles. The molecule has 0 N–H and O–H groups in total. The van der Waals surface area contributed by atoms with Crippen LogP contribution in [0, 0.1) is 5.41 Å². The molecule has 1 aliphatic heterocycles. The lowest BCUT2D eigenvalue weighted by Crippen LogP contribution is -2.47. The molecule has 2 aromatic rings. The Morgan fingerprint density at radius 3 is 1.76 bits per heavy atom. The molecule has 0 aliphatic carbocycles. The first-order chi connectivity index (χ1) is 13.6. The number of benzene rings is 2. The minimum atomic E-state index is -2.32. The van der Waals surface area contributed by atoms with Crippen LogP contribution in [0.2, 0.25) is 0 Å². The van der Waals surface area contributed by atoms with Crippen LogP contribution in [0.3, 0.4) is 0 Å².